The van der Waals surface area contributed by atoms with Crippen LogP contribution in [0.3, 0.4) is 0 Å². The summed E-state index contributed by atoms with van der Waals surface area (Å²) in [5.41, 5.74) is 7.06. The van der Waals surface area contributed by atoms with Crippen LogP contribution < -0.4 is 21.2 Å². The van der Waals surface area contributed by atoms with Gasteiger partial charge in [0, 0.05) is 24.6 Å². The fourth-order valence-electron chi connectivity index (χ4n) is 5.00. The molecule has 3 heterocycles. The average Bonchev–Trinajstić information content (AvgIpc) is 2.82. The lowest BCUT2D eigenvalue weighted by molar-refractivity contribution is 0.247. The molecule has 0 radical (unpaired) electrons. The zero-order valence-electron chi connectivity index (χ0n) is 17.8. The van der Waals surface area contributed by atoms with Gasteiger partial charge in [0.1, 0.15) is 23.9 Å². The molecule has 164 valence electrons. The van der Waals surface area contributed by atoms with Crippen LogP contribution in [-0.4, -0.2) is 22.2 Å². The van der Waals surface area contributed by atoms with Crippen molar-refractivity contribution in [1.29, 1.82) is 5.26 Å². The van der Waals surface area contributed by atoms with Crippen LogP contribution in [0.25, 0.3) is 10.9 Å². The van der Waals surface area contributed by atoms with Gasteiger partial charge in [-0.25, -0.2) is 4.39 Å². The van der Waals surface area contributed by atoms with Gasteiger partial charge < -0.3 is 20.4 Å². The predicted octanol–water partition coefficient (Wildman–Crippen LogP) is 4.08. The van der Waals surface area contributed by atoms with E-state index in [1.165, 1.54) is 11.8 Å². The average molecular weight is 433 g/mol. The summed E-state index contributed by atoms with van der Waals surface area (Å²) in [5, 5.41) is 12.7. The number of rotatable bonds is 3. The highest BCUT2D eigenvalue weighted by Crippen LogP contribution is 2.44. The summed E-state index contributed by atoms with van der Waals surface area (Å²) in [6.07, 6.45) is 8.96. The van der Waals surface area contributed by atoms with Gasteiger partial charge in [-0.2, -0.15) is 5.26 Å². The first-order chi connectivity index (χ1) is 15.5. The molecule has 1 saturated carbocycles. The number of ether oxygens (including phenoxy) is 1. The maximum Gasteiger partial charge on any atom is 0.209 e. The molecule has 2 aromatic heterocycles. The molecular formula is C24H24FN5O2. The minimum atomic E-state index is -0.704. The number of nitrogen functional groups attached to an aromatic ring is 1. The van der Waals surface area contributed by atoms with Gasteiger partial charge in [-0.3, -0.25) is 9.78 Å². The van der Waals surface area contributed by atoms with Crippen LogP contribution in [0.4, 0.5) is 15.8 Å². The molecule has 7 nitrogen and oxygen atoms in total. The van der Waals surface area contributed by atoms with E-state index in [9.17, 15) is 10.1 Å². The van der Waals surface area contributed by atoms with Gasteiger partial charge in [0.2, 0.25) is 5.43 Å². The number of hydrogen-bond donors (Lipinski definition) is 2. The maximum atomic E-state index is 15.5. The van der Waals surface area contributed by atoms with Gasteiger partial charge >= 0.3 is 0 Å². The summed E-state index contributed by atoms with van der Waals surface area (Å²) in [6, 6.07) is 5.81. The standard InChI is InChI=1S/C24H24FN5O2/c1-13-12-32-24-21(29-17-6-2-4-14(8-17)15-5-3-7-28-10-15)19(25)20(27)18-22(24)30(13)11-16(9-26)23(18)31/h3,5,7,10-11,13-14,17,29H,2,4,6,8,12,27H2,1H3/t13-,14-,17-/m0/s1. The van der Waals surface area contributed by atoms with E-state index in [2.05, 4.69) is 16.4 Å². The van der Waals surface area contributed by atoms with E-state index in [-0.39, 0.29) is 40.2 Å². The predicted molar refractivity (Wildman–Crippen MR) is 120 cm³/mol. The number of nitriles is 1. The number of nitrogens with zero attached hydrogens (tertiary/aromatic N) is 3. The van der Waals surface area contributed by atoms with E-state index in [4.69, 9.17) is 10.5 Å². The van der Waals surface area contributed by atoms with Gasteiger partial charge in [-0.1, -0.05) is 12.5 Å². The van der Waals surface area contributed by atoms with Crippen LogP contribution in [0.2, 0.25) is 0 Å². The molecule has 3 N–H and O–H groups in total. The van der Waals surface area contributed by atoms with Crippen molar-refractivity contribution in [2.45, 2.75) is 50.6 Å². The molecule has 3 atom stereocenters. The topological polar surface area (TPSA) is 106 Å². The molecule has 0 saturated heterocycles. The Kier molecular flexibility index (Phi) is 4.97. The van der Waals surface area contributed by atoms with Crippen molar-refractivity contribution in [3.8, 4) is 11.8 Å². The fourth-order valence-corrected chi connectivity index (χ4v) is 5.00. The molecule has 1 aliphatic heterocycles. The molecule has 0 amide bonds. The Morgan fingerprint density at radius 2 is 2.25 bits per heavy atom. The maximum absolute atomic E-state index is 15.5. The largest absolute Gasteiger partial charge is 0.487 e. The van der Waals surface area contributed by atoms with Crippen LogP contribution >= 0.6 is 0 Å². The van der Waals surface area contributed by atoms with Crippen molar-refractivity contribution in [3.63, 3.8) is 0 Å². The number of pyridine rings is 2. The Morgan fingerprint density at radius 3 is 3.00 bits per heavy atom. The first-order valence-electron chi connectivity index (χ1n) is 10.9. The highest BCUT2D eigenvalue weighted by atomic mass is 19.1. The molecule has 1 aliphatic carbocycles. The van der Waals surface area contributed by atoms with Crippen LogP contribution in [-0.2, 0) is 0 Å². The lowest BCUT2D eigenvalue weighted by atomic mass is 9.82. The normalized spacial score (nSPS) is 22.2. The van der Waals surface area contributed by atoms with Gasteiger partial charge in [-0.15, -0.1) is 0 Å². The van der Waals surface area contributed by atoms with Crippen LogP contribution in [0.1, 0.15) is 55.7 Å². The number of hydrogen-bond acceptors (Lipinski definition) is 6. The van der Waals surface area contributed by atoms with Crippen molar-refractivity contribution in [2.24, 2.45) is 0 Å². The molecule has 0 spiro atoms. The SMILES string of the molecule is C[C@H]1COc2c(N[C@H]3CCC[C@H](c4cccnc4)C3)c(F)c(N)c3c(=O)c(C#N)cn1c23. The minimum Gasteiger partial charge on any atom is -0.487 e. The molecule has 1 aromatic carbocycles. The first-order valence-corrected chi connectivity index (χ1v) is 10.9. The third-order valence-corrected chi connectivity index (χ3v) is 6.64. The van der Waals surface area contributed by atoms with E-state index in [0.29, 0.717) is 18.0 Å². The van der Waals surface area contributed by atoms with E-state index in [0.717, 1.165) is 25.7 Å². The lowest BCUT2D eigenvalue weighted by Crippen LogP contribution is -2.30. The second kappa shape index (κ2) is 7.83. The van der Waals surface area contributed by atoms with E-state index >= 15 is 4.39 Å². The van der Waals surface area contributed by atoms with Crippen molar-refractivity contribution in [3.05, 3.63) is 57.9 Å². The summed E-state index contributed by atoms with van der Waals surface area (Å²) < 4.78 is 23.3. The smallest absolute Gasteiger partial charge is 0.209 e. The molecule has 0 bridgehead atoms. The second-order valence-corrected chi connectivity index (χ2v) is 8.70. The van der Waals surface area contributed by atoms with Crippen LogP contribution in [0.5, 0.6) is 5.75 Å². The van der Waals surface area contributed by atoms with Crippen LogP contribution in [0.15, 0.2) is 35.5 Å². The van der Waals surface area contributed by atoms with Gasteiger partial charge in [0.05, 0.1) is 22.6 Å². The molecule has 3 aromatic rings. The van der Waals surface area contributed by atoms with Gasteiger partial charge in [0.15, 0.2) is 11.6 Å². The minimum absolute atomic E-state index is 0.00512. The second-order valence-electron chi connectivity index (χ2n) is 8.70. The highest BCUT2D eigenvalue weighted by Gasteiger charge is 2.31. The number of benzene rings is 1. The lowest BCUT2D eigenvalue weighted by Gasteiger charge is -2.33. The Labute approximate surface area is 184 Å². The molecule has 1 fully saturated rings. The summed E-state index contributed by atoms with van der Waals surface area (Å²) in [5.74, 6) is -0.0799. The van der Waals surface area contributed by atoms with Crippen molar-refractivity contribution in [2.75, 3.05) is 17.7 Å². The summed E-state index contributed by atoms with van der Waals surface area (Å²) in [4.78, 5) is 17.1. The molecular weight excluding hydrogens is 409 g/mol. The van der Waals surface area contributed by atoms with E-state index < -0.39 is 11.2 Å². The third kappa shape index (κ3) is 3.16. The summed E-state index contributed by atoms with van der Waals surface area (Å²) in [7, 11) is 0. The van der Waals surface area contributed by atoms with Gasteiger partial charge in [0.25, 0.3) is 0 Å². The number of anilines is 2. The van der Waals surface area contributed by atoms with Crippen molar-refractivity contribution >= 4 is 22.3 Å². The van der Waals surface area contributed by atoms with E-state index in [1.54, 1.807) is 10.8 Å². The Balaban J connectivity index is 1.59. The Hall–Kier alpha value is -3.60. The van der Waals surface area contributed by atoms with Crippen LogP contribution in [0, 0.1) is 17.1 Å². The third-order valence-electron chi connectivity index (χ3n) is 6.64. The number of nitrogens with two attached hydrogens (primary N) is 1. The molecule has 8 heteroatoms. The van der Waals surface area contributed by atoms with Crippen molar-refractivity contribution in [1.82, 2.24) is 9.55 Å². The Bertz CT molecular complexity index is 1300. The quantitative estimate of drug-likeness (QED) is 0.603. The number of nitrogens with one attached hydrogen (secondary N) is 1. The number of halogens is 1. The van der Waals surface area contributed by atoms with E-state index in [1.807, 2.05) is 25.3 Å². The zero-order valence-corrected chi connectivity index (χ0v) is 17.8. The first kappa shape index (κ1) is 20.3. The summed E-state index contributed by atoms with van der Waals surface area (Å²) >= 11 is 0. The number of aromatic nitrogens is 2. The fraction of sp³-hybridized carbons (Fsp3) is 0.375. The monoisotopic (exact) mass is 433 g/mol. The molecule has 5 rings (SSSR count). The molecule has 0 unspecified atom stereocenters. The zero-order chi connectivity index (χ0) is 22.4. The highest BCUT2D eigenvalue weighted by molar-refractivity contribution is 6.00. The molecule has 2 aliphatic rings. The van der Waals surface area contributed by atoms with Gasteiger partial charge in [-0.05, 0) is 43.7 Å². The molecule has 32 heavy (non-hydrogen) atoms. The Morgan fingerprint density at radius 1 is 1.41 bits per heavy atom. The summed E-state index contributed by atoms with van der Waals surface area (Å²) in [6.45, 7) is 2.22. The van der Waals surface area contributed by atoms with Crippen molar-refractivity contribution < 1.29 is 9.13 Å².